The molecule has 2 fully saturated rings. The van der Waals surface area contributed by atoms with Gasteiger partial charge in [0.15, 0.2) is 0 Å². The smallest absolute Gasteiger partial charge is 0.228 e. The van der Waals surface area contributed by atoms with E-state index in [1.54, 1.807) is 0 Å². The molecule has 3 atom stereocenters. The number of hydrogen-bond donors (Lipinski definition) is 2. The molecule has 0 spiro atoms. The summed E-state index contributed by atoms with van der Waals surface area (Å²) in [4.78, 5) is 11.4. The van der Waals surface area contributed by atoms with E-state index in [2.05, 4.69) is 5.32 Å². The highest BCUT2D eigenvalue weighted by atomic mass is 35.5. The van der Waals surface area contributed by atoms with Crippen LogP contribution in [-0.4, -0.2) is 5.91 Å². The van der Waals surface area contributed by atoms with Gasteiger partial charge in [0.2, 0.25) is 5.91 Å². The molecule has 1 aromatic carbocycles. The average molecular weight is 277 g/mol. The van der Waals surface area contributed by atoms with Crippen LogP contribution in [0.2, 0.25) is 5.02 Å². The van der Waals surface area contributed by atoms with Gasteiger partial charge in [0, 0.05) is 16.8 Å². The van der Waals surface area contributed by atoms with Gasteiger partial charge in [-0.05, 0) is 47.8 Å². The minimum Gasteiger partial charge on any atom is -0.325 e. The summed E-state index contributed by atoms with van der Waals surface area (Å²) < 4.78 is 0. The van der Waals surface area contributed by atoms with Crippen LogP contribution in [0.4, 0.5) is 5.69 Å². The van der Waals surface area contributed by atoms with E-state index in [0.29, 0.717) is 17.4 Å². The fourth-order valence-corrected chi connectivity index (χ4v) is 4.43. The molecule has 2 saturated carbocycles. The maximum atomic E-state index is 11.4. The monoisotopic (exact) mass is 276 g/mol. The molecule has 2 aliphatic carbocycles. The Kier molecular flexibility index (Phi) is 2.45. The second-order valence-electron chi connectivity index (χ2n) is 6.12. The predicted molar refractivity (Wildman–Crippen MR) is 75.0 cm³/mol. The molecule has 4 rings (SSSR count). The van der Waals surface area contributed by atoms with E-state index in [9.17, 15) is 4.79 Å². The summed E-state index contributed by atoms with van der Waals surface area (Å²) in [6.07, 6.45) is 4.45. The van der Waals surface area contributed by atoms with Gasteiger partial charge < -0.3 is 11.1 Å². The second kappa shape index (κ2) is 3.97. The van der Waals surface area contributed by atoms with Gasteiger partial charge in [-0.25, -0.2) is 0 Å². The summed E-state index contributed by atoms with van der Waals surface area (Å²) in [6.45, 7) is 0. The third-order valence-corrected chi connectivity index (χ3v) is 5.42. The third-order valence-electron chi connectivity index (χ3n) is 5.09. The molecule has 3 N–H and O–H groups in total. The summed E-state index contributed by atoms with van der Waals surface area (Å²) in [7, 11) is 0. The Morgan fingerprint density at radius 2 is 2.05 bits per heavy atom. The molecule has 0 saturated heterocycles. The lowest BCUT2D eigenvalue weighted by atomic mass is 9.95. The van der Waals surface area contributed by atoms with Crippen molar-refractivity contribution >= 4 is 23.2 Å². The Bertz CT molecular complexity index is 562. The molecule has 3 aliphatic rings. The number of nitrogens with one attached hydrogen (secondary N) is 1. The van der Waals surface area contributed by atoms with Crippen molar-refractivity contribution in [2.75, 3.05) is 5.32 Å². The fraction of sp³-hybridized carbons (Fsp3) is 0.533. The number of carbonyl (C=O) groups excluding carboxylic acids is 1. The van der Waals surface area contributed by atoms with Crippen LogP contribution in [0.1, 0.15) is 36.4 Å². The number of fused-ring (bicyclic) bond motifs is 2. The first-order valence-electron chi connectivity index (χ1n) is 7.03. The Hall–Kier alpha value is -1.06. The van der Waals surface area contributed by atoms with Crippen molar-refractivity contribution < 1.29 is 4.79 Å². The predicted octanol–water partition coefficient (Wildman–Crippen LogP) is 2.88. The van der Waals surface area contributed by atoms with E-state index in [1.165, 1.54) is 19.3 Å². The van der Waals surface area contributed by atoms with Crippen LogP contribution >= 0.6 is 11.6 Å². The van der Waals surface area contributed by atoms with Crippen LogP contribution in [0.5, 0.6) is 0 Å². The van der Waals surface area contributed by atoms with Crippen LogP contribution < -0.4 is 11.1 Å². The molecule has 3 nitrogen and oxygen atoms in total. The number of amides is 1. The van der Waals surface area contributed by atoms with Gasteiger partial charge in [-0.15, -0.1) is 0 Å². The molecule has 100 valence electrons. The summed E-state index contributed by atoms with van der Waals surface area (Å²) in [5.74, 6) is 2.28. The molecule has 0 aromatic heterocycles. The zero-order chi connectivity index (χ0) is 13.1. The van der Waals surface area contributed by atoms with E-state index in [4.69, 9.17) is 17.3 Å². The number of nitrogens with two attached hydrogens (primary N) is 1. The van der Waals surface area contributed by atoms with Crippen molar-refractivity contribution in [3.8, 4) is 0 Å². The van der Waals surface area contributed by atoms with Crippen LogP contribution in [-0.2, 0) is 11.2 Å². The van der Waals surface area contributed by atoms with Crippen molar-refractivity contribution in [3.05, 3.63) is 28.3 Å². The molecule has 1 aliphatic heterocycles. The average Bonchev–Trinajstić information content (AvgIpc) is 2.72. The molecular weight excluding hydrogens is 260 g/mol. The van der Waals surface area contributed by atoms with Gasteiger partial charge in [0.1, 0.15) is 0 Å². The number of halogens is 1. The first kappa shape index (κ1) is 11.7. The highest BCUT2D eigenvalue weighted by Gasteiger charge is 2.55. The molecule has 19 heavy (non-hydrogen) atoms. The van der Waals surface area contributed by atoms with Gasteiger partial charge in [-0.2, -0.15) is 0 Å². The van der Waals surface area contributed by atoms with Gasteiger partial charge >= 0.3 is 0 Å². The zero-order valence-electron chi connectivity index (χ0n) is 10.7. The topological polar surface area (TPSA) is 55.1 Å². The Morgan fingerprint density at radius 1 is 1.32 bits per heavy atom. The molecule has 1 aromatic rings. The highest BCUT2D eigenvalue weighted by Crippen LogP contribution is 2.62. The molecule has 0 bridgehead atoms. The zero-order valence-corrected chi connectivity index (χ0v) is 11.4. The number of carbonyl (C=O) groups is 1. The van der Waals surface area contributed by atoms with Crippen LogP contribution in [0.15, 0.2) is 12.1 Å². The Balaban J connectivity index is 1.65. The van der Waals surface area contributed by atoms with E-state index in [1.807, 2.05) is 12.1 Å². The van der Waals surface area contributed by atoms with Crippen molar-refractivity contribution in [1.82, 2.24) is 0 Å². The molecule has 3 unspecified atom stereocenters. The van der Waals surface area contributed by atoms with E-state index in [0.717, 1.165) is 28.7 Å². The van der Waals surface area contributed by atoms with Gasteiger partial charge in [-0.1, -0.05) is 24.1 Å². The standard InChI is InChI=1S/C15H17ClN2O/c16-11-6-12-7(5-13(19)18-12)4-10(11)15(17)14-8-2-1-3-9(8)14/h4,6,8-9,14-15H,1-3,5,17H2,(H,18,19). The van der Waals surface area contributed by atoms with Crippen LogP contribution in [0, 0.1) is 17.8 Å². The number of rotatable bonds is 2. The lowest BCUT2D eigenvalue weighted by molar-refractivity contribution is -0.115. The summed E-state index contributed by atoms with van der Waals surface area (Å²) in [5.41, 5.74) is 9.34. The quantitative estimate of drug-likeness (QED) is 0.873. The molecule has 1 heterocycles. The van der Waals surface area contributed by atoms with Gasteiger partial charge in [0.25, 0.3) is 0 Å². The molecule has 4 heteroatoms. The first-order valence-corrected chi connectivity index (χ1v) is 7.40. The van der Waals surface area contributed by atoms with Gasteiger partial charge in [0.05, 0.1) is 6.42 Å². The summed E-state index contributed by atoms with van der Waals surface area (Å²) >= 11 is 6.35. The minimum atomic E-state index is 0.0313. The van der Waals surface area contributed by atoms with Crippen molar-refractivity contribution in [3.63, 3.8) is 0 Å². The largest absolute Gasteiger partial charge is 0.325 e. The normalized spacial score (nSPS) is 32.7. The molecule has 0 radical (unpaired) electrons. The summed E-state index contributed by atoms with van der Waals surface area (Å²) in [5, 5.41) is 3.52. The maximum Gasteiger partial charge on any atom is 0.228 e. The number of benzene rings is 1. The Morgan fingerprint density at radius 3 is 2.79 bits per heavy atom. The minimum absolute atomic E-state index is 0.0313. The number of anilines is 1. The van der Waals surface area contributed by atoms with E-state index in [-0.39, 0.29) is 11.9 Å². The molecule has 1 amide bonds. The van der Waals surface area contributed by atoms with Crippen molar-refractivity contribution in [1.29, 1.82) is 0 Å². The molecular formula is C15H17ClN2O. The van der Waals surface area contributed by atoms with Crippen LogP contribution in [0.3, 0.4) is 0 Å². The SMILES string of the molecule is NC(c1cc2c(cc1Cl)NC(=O)C2)C1C2CCCC21. The van der Waals surface area contributed by atoms with Crippen molar-refractivity contribution in [2.24, 2.45) is 23.5 Å². The van der Waals surface area contributed by atoms with Gasteiger partial charge in [-0.3, -0.25) is 4.79 Å². The number of hydrogen-bond acceptors (Lipinski definition) is 2. The van der Waals surface area contributed by atoms with E-state index < -0.39 is 0 Å². The van der Waals surface area contributed by atoms with Crippen molar-refractivity contribution in [2.45, 2.75) is 31.7 Å². The van der Waals surface area contributed by atoms with E-state index >= 15 is 0 Å². The first-order chi connectivity index (χ1) is 9.15. The lowest BCUT2D eigenvalue weighted by Gasteiger charge is -2.17. The fourth-order valence-electron chi connectivity index (χ4n) is 4.14. The second-order valence-corrected chi connectivity index (χ2v) is 6.52. The summed E-state index contributed by atoms with van der Waals surface area (Å²) in [6, 6.07) is 3.92. The maximum absolute atomic E-state index is 11.4. The third kappa shape index (κ3) is 1.72. The Labute approximate surface area is 117 Å². The highest BCUT2D eigenvalue weighted by molar-refractivity contribution is 6.32. The van der Waals surface area contributed by atoms with Crippen LogP contribution in [0.25, 0.3) is 0 Å². The lowest BCUT2D eigenvalue weighted by Crippen LogP contribution is -2.16.